The SMILES string of the molecule is O=C(Cc1csc(-c2ccsc2)n1)N1CCc2cc([N+](=O)[O-])ccc21. The van der Waals surface area contributed by atoms with Crippen molar-refractivity contribution in [3.63, 3.8) is 0 Å². The van der Waals surface area contributed by atoms with Gasteiger partial charge in [0.05, 0.1) is 17.0 Å². The fourth-order valence-electron chi connectivity index (χ4n) is 2.92. The van der Waals surface area contributed by atoms with E-state index in [2.05, 4.69) is 4.98 Å². The summed E-state index contributed by atoms with van der Waals surface area (Å²) in [7, 11) is 0. The van der Waals surface area contributed by atoms with E-state index in [4.69, 9.17) is 0 Å². The van der Waals surface area contributed by atoms with E-state index >= 15 is 0 Å². The first-order valence-corrected chi connectivity index (χ1v) is 9.49. The lowest BCUT2D eigenvalue weighted by molar-refractivity contribution is -0.384. The maximum atomic E-state index is 12.7. The summed E-state index contributed by atoms with van der Waals surface area (Å²) in [6, 6.07) is 6.68. The number of hydrogen-bond acceptors (Lipinski definition) is 6. The van der Waals surface area contributed by atoms with Gasteiger partial charge in [-0.3, -0.25) is 14.9 Å². The summed E-state index contributed by atoms with van der Waals surface area (Å²) in [5, 5.41) is 17.7. The maximum Gasteiger partial charge on any atom is 0.269 e. The van der Waals surface area contributed by atoms with Crippen molar-refractivity contribution < 1.29 is 9.72 Å². The normalized spacial score (nSPS) is 13.0. The number of nitro benzene ring substituents is 1. The lowest BCUT2D eigenvalue weighted by Crippen LogP contribution is -2.30. The van der Waals surface area contributed by atoms with E-state index in [1.807, 2.05) is 22.2 Å². The number of nitro groups is 1. The molecule has 4 rings (SSSR count). The molecule has 0 saturated carbocycles. The first-order valence-electron chi connectivity index (χ1n) is 7.66. The number of nitrogens with zero attached hydrogens (tertiary/aromatic N) is 3. The number of carbonyl (C=O) groups excluding carboxylic acids is 1. The van der Waals surface area contributed by atoms with Crippen LogP contribution < -0.4 is 4.90 Å². The fourth-order valence-corrected chi connectivity index (χ4v) is 4.45. The van der Waals surface area contributed by atoms with Crippen LogP contribution in [0.1, 0.15) is 11.3 Å². The average molecular weight is 371 g/mol. The van der Waals surface area contributed by atoms with Crippen LogP contribution in [0.5, 0.6) is 0 Å². The highest BCUT2D eigenvalue weighted by atomic mass is 32.1. The molecule has 0 atom stereocenters. The molecular weight excluding hydrogens is 358 g/mol. The van der Waals surface area contributed by atoms with Crippen LogP contribution in [0.15, 0.2) is 40.4 Å². The summed E-state index contributed by atoms with van der Waals surface area (Å²) < 4.78 is 0. The lowest BCUT2D eigenvalue weighted by Gasteiger charge is -2.16. The standard InChI is InChI=1S/C17H13N3O3S2/c21-16(8-13-10-25-17(18-13)12-4-6-24-9-12)19-5-3-11-7-14(20(22)23)1-2-15(11)19/h1-2,4,6-7,9-10H,3,5,8H2. The monoisotopic (exact) mass is 371 g/mol. The Balaban J connectivity index is 1.51. The van der Waals surface area contributed by atoms with E-state index in [-0.39, 0.29) is 18.0 Å². The number of amides is 1. The van der Waals surface area contributed by atoms with E-state index in [9.17, 15) is 14.9 Å². The van der Waals surface area contributed by atoms with Gasteiger partial charge >= 0.3 is 0 Å². The summed E-state index contributed by atoms with van der Waals surface area (Å²) in [4.78, 5) is 29.4. The molecule has 1 aliphatic rings. The summed E-state index contributed by atoms with van der Waals surface area (Å²) in [6.07, 6.45) is 0.872. The van der Waals surface area contributed by atoms with Gasteiger partial charge < -0.3 is 4.90 Å². The number of non-ortho nitro benzene ring substituents is 1. The third-order valence-corrected chi connectivity index (χ3v) is 5.75. The molecule has 3 heterocycles. The van der Waals surface area contributed by atoms with Crippen LogP contribution in [0.3, 0.4) is 0 Å². The zero-order valence-electron chi connectivity index (χ0n) is 13.0. The van der Waals surface area contributed by atoms with E-state index in [0.717, 1.165) is 27.5 Å². The van der Waals surface area contributed by atoms with Gasteiger partial charge in [0.1, 0.15) is 5.01 Å². The molecule has 0 bridgehead atoms. The summed E-state index contributed by atoms with van der Waals surface area (Å²) >= 11 is 3.15. The van der Waals surface area contributed by atoms with Crippen LogP contribution in [-0.4, -0.2) is 22.4 Å². The maximum absolute atomic E-state index is 12.7. The van der Waals surface area contributed by atoms with E-state index < -0.39 is 4.92 Å². The first-order chi connectivity index (χ1) is 12.1. The van der Waals surface area contributed by atoms with Crippen LogP contribution in [0, 0.1) is 10.1 Å². The Morgan fingerprint density at radius 2 is 2.20 bits per heavy atom. The van der Waals surface area contributed by atoms with Crippen LogP contribution in [0.25, 0.3) is 10.6 Å². The second-order valence-electron chi connectivity index (χ2n) is 5.70. The largest absolute Gasteiger partial charge is 0.311 e. The minimum atomic E-state index is -0.411. The fraction of sp³-hybridized carbons (Fsp3) is 0.176. The number of aromatic nitrogens is 1. The Bertz CT molecular complexity index is 950. The number of hydrogen-bond donors (Lipinski definition) is 0. The van der Waals surface area contributed by atoms with Crippen molar-refractivity contribution >= 4 is 40.0 Å². The molecule has 0 aliphatic carbocycles. The lowest BCUT2D eigenvalue weighted by atomic mass is 10.1. The zero-order chi connectivity index (χ0) is 17.4. The number of thiazole rings is 1. The van der Waals surface area contributed by atoms with Crippen LogP contribution in [0.4, 0.5) is 11.4 Å². The molecule has 0 radical (unpaired) electrons. The number of benzene rings is 1. The number of carbonyl (C=O) groups is 1. The number of anilines is 1. The molecule has 0 unspecified atom stereocenters. The van der Waals surface area contributed by atoms with Crippen LogP contribution in [0.2, 0.25) is 0 Å². The quantitative estimate of drug-likeness (QED) is 0.515. The number of fused-ring (bicyclic) bond motifs is 1. The molecule has 1 amide bonds. The van der Waals surface area contributed by atoms with Gasteiger partial charge in [0.25, 0.3) is 5.69 Å². The van der Waals surface area contributed by atoms with Gasteiger partial charge in [-0.1, -0.05) is 0 Å². The Labute approximate surface area is 151 Å². The minimum Gasteiger partial charge on any atom is -0.311 e. The highest BCUT2D eigenvalue weighted by Gasteiger charge is 2.26. The summed E-state index contributed by atoms with van der Waals surface area (Å²) in [5.74, 6) is -0.0326. The predicted molar refractivity (Wildman–Crippen MR) is 98.3 cm³/mol. The van der Waals surface area contributed by atoms with Gasteiger partial charge in [0, 0.05) is 40.7 Å². The third-order valence-electron chi connectivity index (χ3n) is 4.12. The van der Waals surface area contributed by atoms with Gasteiger partial charge in [0.2, 0.25) is 5.91 Å². The molecule has 1 aliphatic heterocycles. The highest BCUT2D eigenvalue weighted by molar-refractivity contribution is 7.14. The Morgan fingerprint density at radius 3 is 2.96 bits per heavy atom. The van der Waals surface area contributed by atoms with Gasteiger partial charge in [-0.2, -0.15) is 11.3 Å². The molecule has 8 heteroatoms. The molecule has 1 aromatic carbocycles. The van der Waals surface area contributed by atoms with Crippen LogP contribution >= 0.6 is 22.7 Å². The Hall–Kier alpha value is -2.58. The predicted octanol–water partition coefficient (Wildman–Crippen LogP) is 3.91. The molecule has 0 spiro atoms. The Morgan fingerprint density at radius 1 is 1.32 bits per heavy atom. The second kappa shape index (κ2) is 6.38. The number of thiophene rings is 1. The van der Waals surface area contributed by atoms with Crippen molar-refractivity contribution in [1.82, 2.24) is 4.98 Å². The van der Waals surface area contributed by atoms with Gasteiger partial charge in [-0.25, -0.2) is 4.98 Å². The molecule has 2 aromatic heterocycles. The van der Waals surface area contributed by atoms with Crippen molar-refractivity contribution in [2.45, 2.75) is 12.8 Å². The van der Waals surface area contributed by atoms with Crippen molar-refractivity contribution in [3.8, 4) is 10.6 Å². The second-order valence-corrected chi connectivity index (χ2v) is 7.34. The Kier molecular flexibility index (Phi) is 4.06. The van der Waals surface area contributed by atoms with E-state index in [1.165, 1.54) is 17.4 Å². The molecule has 0 N–H and O–H groups in total. The summed E-state index contributed by atoms with van der Waals surface area (Å²) in [6.45, 7) is 0.552. The molecule has 126 valence electrons. The molecule has 0 fully saturated rings. The summed E-state index contributed by atoms with van der Waals surface area (Å²) in [5.41, 5.74) is 3.51. The molecular formula is C17H13N3O3S2. The topological polar surface area (TPSA) is 76.3 Å². The minimum absolute atomic E-state index is 0.0326. The highest BCUT2D eigenvalue weighted by Crippen LogP contribution is 2.32. The average Bonchev–Trinajstić information content (AvgIpc) is 3.33. The number of rotatable bonds is 4. The smallest absolute Gasteiger partial charge is 0.269 e. The molecule has 25 heavy (non-hydrogen) atoms. The van der Waals surface area contributed by atoms with Crippen molar-refractivity contribution in [2.24, 2.45) is 0 Å². The molecule has 6 nitrogen and oxygen atoms in total. The van der Waals surface area contributed by atoms with Crippen molar-refractivity contribution in [2.75, 3.05) is 11.4 Å². The van der Waals surface area contributed by atoms with Gasteiger partial charge in [-0.15, -0.1) is 11.3 Å². The van der Waals surface area contributed by atoms with Crippen molar-refractivity contribution in [3.05, 3.63) is 61.8 Å². The third kappa shape index (κ3) is 3.06. The molecule has 0 saturated heterocycles. The van der Waals surface area contributed by atoms with E-state index in [0.29, 0.717) is 13.0 Å². The van der Waals surface area contributed by atoms with E-state index in [1.54, 1.807) is 28.4 Å². The molecule has 3 aromatic rings. The van der Waals surface area contributed by atoms with Crippen LogP contribution in [-0.2, 0) is 17.6 Å². The van der Waals surface area contributed by atoms with Gasteiger partial charge in [-0.05, 0) is 29.5 Å². The van der Waals surface area contributed by atoms with Crippen molar-refractivity contribution in [1.29, 1.82) is 0 Å². The zero-order valence-corrected chi connectivity index (χ0v) is 14.7. The first kappa shape index (κ1) is 15.9. The van der Waals surface area contributed by atoms with Gasteiger partial charge in [0.15, 0.2) is 0 Å².